The van der Waals surface area contributed by atoms with Crippen molar-refractivity contribution in [3.8, 4) is 0 Å². The van der Waals surface area contributed by atoms with Crippen molar-refractivity contribution >= 4 is 25.9 Å². The standard InChI is InChI=1S/C5H4F.In/c1-2-3-4-5-6;/h1-4H;. The Balaban J connectivity index is 2.82. The summed E-state index contributed by atoms with van der Waals surface area (Å²) in [5, 5.41) is 0. The molecule has 0 aromatic rings. The molecule has 0 saturated heterocycles. The predicted octanol–water partition coefficient (Wildman–Crippen LogP) is 0.873. The van der Waals surface area contributed by atoms with E-state index in [9.17, 15) is 4.39 Å². The third-order valence-electron chi connectivity index (χ3n) is 0.733. The van der Waals surface area contributed by atoms with Crippen LogP contribution < -0.4 is 0 Å². The molecule has 0 nitrogen and oxygen atoms in total. The van der Waals surface area contributed by atoms with E-state index in [0.717, 1.165) is 0 Å². The van der Waals surface area contributed by atoms with E-state index < -0.39 is 22.4 Å². The van der Waals surface area contributed by atoms with E-state index in [1.165, 1.54) is 0 Å². The van der Waals surface area contributed by atoms with Gasteiger partial charge in [-0.05, 0) is 0 Å². The van der Waals surface area contributed by atoms with Gasteiger partial charge in [0, 0.05) is 0 Å². The van der Waals surface area contributed by atoms with Crippen LogP contribution in [0, 0.1) is 0 Å². The molecule has 0 aromatic heterocycles. The molecule has 1 heterocycles. The van der Waals surface area contributed by atoms with E-state index in [0.29, 0.717) is 0 Å². The first-order valence-electron chi connectivity index (χ1n) is 2.10. The van der Waals surface area contributed by atoms with Crippen LogP contribution in [-0.4, -0.2) is 25.9 Å². The van der Waals surface area contributed by atoms with Crippen LogP contribution in [0.4, 0.5) is 4.39 Å². The molecule has 0 aliphatic carbocycles. The SMILES string of the molecule is F[C]1=[In][CH]=CC=C1. The average Bonchev–Trinajstić information content (AvgIpc) is 1.69. The number of halogens is 1. The summed E-state index contributed by atoms with van der Waals surface area (Å²) in [5.74, 6) is 0. The van der Waals surface area contributed by atoms with Crippen LogP contribution in [0.25, 0.3) is 0 Å². The van der Waals surface area contributed by atoms with Crippen LogP contribution in [0.15, 0.2) is 22.1 Å². The van der Waals surface area contributed by atoms with Gasteiger partial charge < -0.3 is 0 Å². The summed E-state index contributed by atoms with van der Waals surface area (Å²) in [5.41, 5.74) is 0. The zero-order chi connectivity index (χ0) is 5.11. The van der Waals surface area contributed by atoms with Crippen LogP contribution in [0.2, 0.25) is 0 Å². The van der Waals surface area contributed by atoms with E-state index in [4.69, 9.17) is 0 Å². The van der Waals surface area contributed by atoms with Crippen LogP contribution in [-0.2, 0) is 0 Å². The summed E-state index contributed by atoms with van der Waals surface area (Å²) in [6.07, 6.45) is 5.22. The van der Waals surface area contributed by atoms with Gasteiger partial charge in [0.05, 0.1) is 0 Å². The van der Waals surface area contributed by atoms with E-state index in [2.05, 4.69) is 0 Å². The summed E-state index contributed by atoms with van der Waals surface area (Å²) in [6, 6.07) is 0. The maximum absolute atomic E-state index is 12.0. The Hall–Kier alpha value is 0.150. The molecule has 2 heteroatoms. The Morgan fingerprint density at radius 3 is 2.57 bits per heavy atom. The van der Waals surface area contributed by atoms with Gasteiger partial charge in [0.25, 0.3) is 0 Å². The van der Waals surface area contributed by atoms with E-state index in [1.807, 2.05) is 9.91 Å². The fourth-order valence-corrected chi connectivity index (χ4v) is 2.26. The van der Waals surface area contributed by atoms with Crippen LogP contribution >= 0.6 is 0 Å². The zero-order valence-corrected chi connectivity index (χ0v) is 7.06. The summed E-state index contributed by atoms with van der Waals surface area (Å²) in [6.45, 7) is 0. The molecule has 1 rings (SSSR count). The van der Waals surface area contributed by atoms with Crippen molar-refractivity contribution in [3.63, 3.8) is 0 Å². The molecule has 0 aromatic carbocycles. The summed E-state index contributed by atoms with van der Waals surface area (Å²) in [7, 11) is 0. The van der Waals surface area contributed by atoms with Gasteiger partial charge in [0.15, 0.2) is 0 Å². The van der Waals surface area contributed by atoms with Crippen molar-refractivity contribution < 1.29 is 4.39 Å². The number of hydrogen-bond acceptors (Lipinski definition) is 0. The molecule has 0 N–H and O–H groups in total. The second-order valence-electron chi connectivity index (χ2n) is 1.30. The molecular formula is C5H4FIn. The van der Waals surface area contributed by atoms with Crippen LogP contribution in [0.3, 0.4) is 0 Å². The number of allylic oxidation sites excluding steroid dienone is 3. The van der Waals surface area contributed by atoms with Crippen molar-refractivity contribution in [1.29, 1.82) is 0 Å². The second-order valence-corrected chi connectivity index (χ2v) is 4.92. The first-order chi connectivity index (χ1) is 3.39. The second kappa shape index (κ2) is 2.46. The molecule has 1 aliphatic heterocycles. The molecule has 0 saturated carbocycles. The molecule has 0 spiro atoms. The monoisotopic (exact) mass is 198 g/mol. The molecule has 0 radical (unpaired) electrons. The Morgan fingerprint density at radius 1 is 1.43 bits per heavy atom. The Bertz CT molecular complexity index is 144. The quantitative estimate of drug-likeness (QED) is 0.541. The van der Waals surface area contributed by atoms with Crippen molar-refractivity contribution in [2.45, 2.75) is 0 Å². The topological polar surface area (TPSA) is 0 Å². The third-order valence-corrected chi connectivity index (χ3v) is 3.37. The molecule has 1 aliphatic rings. The molecule has 0 fully saturated rings. The number of rotatable bonds is 0. The Morgan fingerprint density at radius 2 is 2.29 bits per heavy atom. The molecule has 0 atom stereocenters. The Kier molecular flexibility index (Phi) is 1.86. The van der Waals surface area contributed by atoms with Crippen molar-refractivity contribution in [3.05, 3.63) is 22.1 Å². The van der Waals surface area contributed by atoms with Gasteiger partial charge in [0.2, 0.25) is 0 Å². The van der Waals surface area contributed by atoms with Crippen LogP contribution in [0.1, 0.15) is 0 Å². The van der Waals surface area contributed by atoms with Gasteiger partial charge in [-0.2, -0.15) is 0 Å². The fraction of sp³-hybridized carbons (Fsp3) is 0. The van der Waals surface area contributed by atoms with Crippen molar-refractivity contribution in [2.24, 2.45) is 0 Å². The Labute approximate surface area is 52.6 Å². The minimum absolute atomic E-state index is 0.137. The van der Waals surface area contributed by atoms with Crippen LogP contribution in [0.5, 0.6) is 0 Å². The molecule has 7 heavy (non-hydrogen) atoms. The third kappa shape index (κ3) is 1.59. The first-order valence-corrected chi connectivity index (χ1v) is 5.65. The fourth-order valence-electron chi connectivity index (χ4n) is 0.415. The molecule has 34 valence electrons. The summed E-state index contributed by atoms with van der Waals surface area (Å²) in [4.78, 5) is 0. The zero-order valence-electron chi connectivity index (χ0n) is 3.76. The normalized spacial score (nSPS) is 15.9. The first kappa shape index (κ1) is 5.29. The van der Waals surface area contributed by atoms with E-state index >= 15 is 0 Å². The maximum atomic E-state index is 12.0. The van der Waals surface area contributed by atoms with Gasteiger partial charge in [-0.25, -0.2) is 0 Å². The average molecular weight is 198 g/mol. The van der Waals surface area contributed by atoms with Crippen molar-refractivity contribution in [1.82, 2.24) is 0 Å². The molecule has 0 bridgehead atoms. The molecular weight excluding hydrogens is 194 g/mol. The molecule has 0 unspecified atom stereocenters. The summed E-state index contributed by atoms with van der Waals surface area (Å²) >= 11 is -0.972. The van der Waals surface area contributed by atoms with Gasteiger partial charge in [-0.1, -0.05) is 0 Å². The summed E-state index contributed by atoms with van der Waals surface area (Å²) < 4.78 is 14.2. The van der Waals surface area contributed by atoms with E-state index in [-0.39, 0.29) is 3.51 Å². The molecule has 0 amide bonds. The minimum atomic E-state index is -0.972. The van der Waals surface area contributed by atoms with E-state index in [1.54, 1.807) is 12.2 Å². The van der Waals surface area contributed by atoms with Crippen molar-refractivity contribution in [2.75, 3.05) is 0 Å². The van der Waals surface area contributed by atoms with Gasteiger partial charge in [-0.15, -0.1) is 0 Å². The van der Waals surface area contributed by atoms with Gasteiger partial charge in [-0.3, -0.25) is 0 Å². The van der Waals surface area contributed by atoms with Gasteiger partial charge in [0.1, 0.15) is 0 Å². The number of hydrogen-bond donors (Lipinski definition) is 0. The predicted molar refractivity (Wildman–Crippen MR) is 30.1 cm³/mol. The van der Waals surface area contributed by atoms with Gasteiger partial charge >= 0.3 is 52.4 Å².